The van der Waals surface area contributed by atoms with E-state index in [1.165, 1.54) is 13.0 Å². The van der Waals surface area contributed by atoms with Gasteiger partial charge in [-0.1, -0.05) is 17.0 Å². The molecule has 3 rings (SSSR count). The summed E-state index contributed by atoms with van der Waals surface area (Å²) >= 11 is 0. The third kappa shape index (κ3) is 2.41. The van der Waals surface area contributed by atoms with Crippen LogP contribution in [0.2, 0.25) is 5.82 Å². The molecule has 0 aliphatic carbocycles. The number of nitrogens with one attached hydrogen (secondary N) is 1. The zero-order valence-corrected chi connectivity index (χ0v) is 13.4. The molecule has 25 heavy (non-hydrogen) atoms. The molecule has 0 bridgehead atoms. The summed E-state index contributed by atoms with van der Waals surface area (Å²) in [5.41, 5.74) is 3.72. The third-order valence-electron chi connectivity index (χ3n) is 4.31. The molecule has 11 heteroatoms. The molecule has 2 unspecified atom stereocenters. The summed E-state index contributed by atoms with van der Waals surface area (Å²) in [4.78, 5) is 41.2. The second kappa shape index (κ2) is 5.54. The largest absolute Gasteiger partial charge is 0.398 e. The van der Waals surface area contributed by atoms with Crippen molar-refractivity contribution < 1.29 is 9.59 Å². The highest BCUT2D eigenvalue weighted by atomic mass is 16.2. The summed E-state index contributed by atoms with van der Waals surface area (Å²) in [5, 5.41) is 2.01. The fourth-order valence-corrected chi connectivity index (χ4v) is 3.03. The minimum Gasteiger partial charge on any atom is -0.398 e. The summed E-state index contributed by atoms with van der Waals surface area (Å²) in [7, 11) is 23.5. The van der Waals surface area contributed by atoms with Crippen LogP contribution in [0.4, 0.5) is 5.69 Å². The first-order chi connectivity index (χ1) is 11.6. The molecule has 3 N–H and O–H groups in total. The molecule has 7 nitrogen and oxygen atoms in total. The molecule has 1 aromatic carbocycles. The Morgan fingerprint density at radius 3 is 2.60 bits per heavy atom. The Morgan fingerprint density at radius 2 is 1.96 bits per heavy atom. The minimum absolute atomic E-state index is 0.0179. The van der Waals surface area contributed by atoms with Crippen LogP contribution < -0.4 is 27.5 Å². The number of rotatable bonds is 1. The Kier molecular flexibility index (Phi) is 3.85. The van der Waals surface area contributed by atoms with Gasteiger partial charge in [-0.15, -0.1) is 0 Å². The topological polar surface area (TPSA) is 107 Å². The number of nitrogens with two attached hydrogens (primary N) is 1. The van der Waals surface area contributed by atoms with Gasteiger partial charge in [0.05, 0.1) is 24.2 Å². The molecule has 1 fully saturated rings. The maximum atomic E-state index is 13.1. The highest BCUT2D eigenvalue weighted by Gasteiger charge is 2.44. The van der Waals surface area contributed by atoms with E-state index >= 15 is 0 Å². The van der Waals surface area contributed by atoms with Crippen molar-refractivity contribution in [2.24, 2.45) is 0 Å². The number of fused-ring (bicyclic) bond motifs is 1. The van der Waals surface area contributed by atoms with E-state index in [0.717, 1.165) is 4.57 Å². The quantitative estimate of drug-likeness (QED) is 0.324. The van der Waals surface area contributed by atoms with Gasteiger partial charge in [-0.3, -0.25) is 24.3 Å². The number of nitrogens with zero attached hydrogens (tertiary/aromatic N) is 2. The number of aryl methyl sites for hydroxylation is 1. The third-order valence-corrected chi connectivity index (χ3v) is 4.31. The zero-order valence-electron chi connectivity index (χ0n) is 13.4. The Morgan fingerprint density at radius 1 is 1.32 bits per heavy atom. The lowest BCUT2D eigenvalue weighted by Gasteiger charge is -2.38. The van der Waals surface area contributed by atoms with Gasteiger partial charge in [0.25, 0.3) is 5.56 Å². The van der Waals surface area contributed by atoms with Gasteiger partial charge in [0.15, 0.2) is 0 Å². The van der Waals surface area contributed by atoms with Crippen LogP contribution in [0.3, 0.4) is 0 Å². The Balaban J connectivity index is 2.38. The van der Waals surface area contributed by atoms with Gasteiger partial charge in [-0.05, 0) is 13.3 Å². The molecule has 2 amide bonds. The average molecular weight is 326 g/mol. The van der Waals surface area contributed by atoms with E-state index in [-0.39, 0.29) is 39.8 Å². The highest BCUT2D eigenvalue weighted by molar-refractivity contribution is 6.45. The molecule has 8 radical (unpaired) electrons. The second-order valence-corrected chi connectivity index (χ2v) is 6.05. The van der Waals surface area contributed by atoms with Crippen molar-refractivity contribution >= 4 is 70.7 Å². The van der Waals surface area contributed by atoms with Crippen LogP contribution in [0.5, 0.6) is 0 Å². The SMILES string of the molecule is [B]c1cc([B])c2nc(C)n(C3([B])CC([B])C(=O)NC3=O)c(=O)c2c1N. The van der Waals surface area contributed by atoms with Crippen molar-refractivity contribution in [2.75, 3.05) is 5.73 Å². The summed E-state index contributed by atoms with van der Waals surface area (Å²) in [6, 6.07) is 1.40. The van der Waals surface area contributed by atoms with Gasteiger partial charge >= 0.3 is 0 Å². The fourth-order valence-electron chi connectivity index (χ4n) is 3.03. The van der Waals surface area contributed by atoms with Gasteiger partial charge < -0.3 is 5.73 Å². The van der Waals surface area contributed by atoms with Gasteiger partial charge in [-0.2, -0.15) is 0 Å². The molecule has 1 aromatic heterocycles. The van der Waals surface area contributed by atoms with Crippen molar-refractivity contribution in [1.29, 1.82) is 0 Å². The van der Waals surface area contributed by atoms with E-state index in [2.05, 4.69) is 10.3 Å². The predicted octanol–water partition coefficient (Wildman–Crippen LogP) is -3.30. The maximum Gasteiger partial charge on any atom is 0.263 e. The van der Waals surface area contributed by atoms with Crippen molar-refractivity contribution in [1.82, 2.24) is 14.9 Å². The van der Waals surface area contributed by atoms with Crippen LogP contribution in [0.1, 0.15) is 12.2 Å². The van der Waals surface area contributed by atoms with Crippen LogP contribution in [-0.2, 0) is 15.0 Å². The molecule has 2 aromatic rings. The average Bonchev–Trinajstić information content (AvgIpc) is 2.50. The lowest BCUT2D eigenvalue weighted by Crippen LogP contribution is -2.60. The standard InChI is InChI=1S/C14H10B4N4O3/c1-4-20-10-6(16)2-5(15)9(19)8(10)12(24)22(4)14(18)3-7(17)11(23)21-13(14)25/h2,7H,3,19H2,1H3,(H,21,23,25). The van der Waals surface area contributed by atoms with Crippen molar-refractivity contribution in [3.63, 3.8) is 0 Å². The minimum atomic E-state index is -1.90. The number of anilines is 1. The number of piperidine rings is 1. The molecule has 1 aliphatic heterocycles. The summed E-state index contributed by atoms with van der Waals surface area (Å²) in [6.45, 7) is 1.48. The predicted molar refractivity (Wildman–Crippen MR) is 96.9 cm³/mol. The molecular weight excluding hydrogens is 315 g/mol. The number of hydrogen-bond acceptors (Lipinski definition) is 5. The molecule has 2 heterocycles. The van der Waals surface area contributed by atoms with Crippen LogP contribution in [0, 0.1) is 6.92 Å². The summed E-state index contributed by atoms with van der Waals surface area (Å²) in [5.74, 6) is -2.47. The molecule has 0 spiro atoms. The number of hydrogen-bond donors (Lipinski definition) is 2. The van der Waals surface area contributed by atoms with Crippen molar-refractivity contribution in [3.05, 3.63) is 22.2 Å². The number of carbonyl (C=O) groups excluding carboxylic acids is 2. The molecule has 116 valence electrons. The highest BCUT2D eigenvalue weighted by Crippen LogP contribution is 2.29. The number of amides is 2. The summed E-state index contributed by atoms with van der Waals surface area (Å²) in [6.07, 6.45) is -0.275. The number of nitrogen functional groups attached to an aromatic ring is 1. The van der Waals surface area contributed by atoms with Gasteiger partial charge in [-0.25, -0.2) is 4.98 Å². The van der Waals surface area contributed by atoms with Crippen LogP contribution >= 0.6 is 0 Å². The maximum absolute atomic E-state index is 13.1. The first-order valence-electron chi connectivity index (χ1n) is 7.35. The number of benzene rings is 1. The normalized spacial score (nSPS) is 23.6. The van der Waals surface area contributed by atoms with Gasteiger partial charge in [0.2, 0.25) is 11.8 Å². The van der Waals surface area contributed by atoms with E-state index in [9.17, 15) is 14.4 Å². The molecular formula is C14H10B4N4O3. The number of aromatic nitrogens is 2. The Hall–Kier alpha value is -2.44. The number of carbonyl (C=O) groups is 2. The lowest BCUT2D eigenvalue weighted by atomic mass is 9.63. The Labute approximate surface area is 148 Å². The number of imide groups is 1. The van der Waals surface area contributed by atoms with E-state index in [1.807, 2.05) is 0 Å². The van der Waals surface area contributed by atoms with E-state index < -0.39 is 28.6 Å². The fraction of sp³-hybridized carbons (Fsp3) is 0.286. The van der Waals surface area contributed by atoms with Crippen molar-refractivity contribution in [2.45, 2.75) is 24.6 Å². The lowest BCUT2D eigenvalue weighted by molar-refractivity contribution is -0.137. The van der Waals surface area contributed by atoms with E-state index in [0.29, 0.717) is 0 Å². The monoisotopic (exact) mass is 326 g/mol. The second-order valence-electron chi connectivity index (χ2n) is 6.05. The molecule has 1 aliphatic rings. The first kappa shape index (κ1) is 17.4. The summed E-state index contributed by atoms with van der Waals surface area (Å²) < 4.78 is 0.964. The van der Waals surface area contributed by atoms with E-state index in [4.69, 9.17) is 37.1 Å². The Bertz CT molecular complexity index is 1010. The van der Waals surface area contributed by atoms with Crippen molar-refractivity contribution in [3.8, 4) is 0 Å². The molecule has 1 saturated heterocycles. The zero-order chi connectivity index (χ0) is 18.7. The van der Waals surface area contributed by atoms with Gasteiger partial charge in [0.1, 0.15) is 29.4 Å². The molecule has 0 saturated carbocycles. The van der Waals surface area contributed by atoms with E-state index in [1.54, 1.807) is 0 Å². The molecule has 2 atom stereocenters. The van der Waals surface area contributed by atoms with Crippen LogP contribution in [0.15, 0.2) is 10.9 Å². The first-order valence-corrected chi connectivity index (χ1v) is 7.35. The smallest absolute Gasteiger partial charge is 0.263 e. The van der Waals surface area contributed by atoms with Gasteiger partial charge in [0, 0.05) is 11.5 Å². The van der Waals surface area contributed by atoms with Crippen LogP contribution in [0.25, 0.3) is 10.9 Å². The van der Waals surface area contributed by atoms with Crippen LogP contribution in [-0.4, -0.2) is 52.8 Å².